The predicted octanol–water partition coefficient (Wildman–Crippen LogP) is 4.00. The van der Waals surface area contributed by atoms with E-state index in [-0.39, 0.29) is 5.91 Å². The first kappa shape index (κ1) is 18.0. The molecule has 0 radical (unpaired) electrons. The number of hydrogen-bond donors (Lipinski definition) is 0. The first-order valence-electron chi connectivity index (χ1n) is 9.01. The summed E-state index contributed by atoms with van der Waals surface area (Å²) in [7, 11) is 3.26. The second kappa shape index (κ2) is 7.68. The second-order valence-electron chi connectivity index (χ2n) is 6.42. The number of rotatable bonds is 4. The first-order valence-corrected chi connectivity index (χ1v) is 9.01. The van der Waals surface area contributed by atoms with Crippen LogP contribution in [0.25, 0.3) is 11.1 Å². The van der Waals surface area contributed by atoms with Crippen LogP contribution in [0.1, 0.15) is 16.1 Å². The lowest BCUT2D eigenvalue weighted by atomic mass is 10.0. The normalized spacial score (nSPS) is 13.3. The Kier molecular flexibility index (Phi) is 4.93. The summed E-state index contributed by atoms with van der Waals surface area (Å²) in [6, 6.07) is 15.1. The van der Waals surface area contributed by atoms with Gasteiger partial charge in [0.25, 0.3) is 5.91 Å². The Hall–Kier alpha value is -3.41. The highest BCUT2D eigenvalue weighted by Crippen LogP contribution is 2.40. The molecule has 1 amide bonds. The van der Waals surface area contributed by atoms with Crippen LogP contribution >= 0.6 is 0 Å². The van der Waals surface area contributed by atoms with Gasteiger partial charge in [-0.05, 0) is 35.9 Å². The topological polar surface area (TPSA) is 61.1 Å². The lowest BCUT2D eigenvalue weighted by Crippen LogP contribution is -2.32. The Bertz CT molecular complexity index is 981. The van der Waals surface area contributed by atoms with Crippen molar-refractivity contribution in [3.05, 3.63) is 66.1 Å². The molecular weight excluding hydrogens is 358 g/mol. The molecule has 144 valence electrons. The minimum atomic E-state index is -0.164. The molecule has 2 heterocycles. The summed E-state index contributed by atoms with van der Waals surface area (Å²) in [5.74, 6) is 2.21. The van der Waals surface area contributed by atoms with Crippen LogP contribution in [-0.4, -0.2) is 38.2 Å². The van der Waals surface area contributed by atoms with Gasteiger partial charge in [0.1, 0.15) is 12.4 Å². The third-order valence-corrected chi connectivity index (χ3v) is 4.76. The quantitative estimate of drug-likeness (QED) is 0.686. The SMILES string of the molecule is COc1ccccc1-c1cc2c(c(OC)c1)OCCN(C(=O)c1ccco1)C2. The highest BCUT2D eigenvalue weighted by molar-refractivity contribution is 5.91. The zero-order valence-corrected chi connectivity index (χ0v) is 15.8. The van der Waals surface area contributed by atoms with E-state index >= 15 is 0 Å². The maximum atomic E-state index is 12.8. The molecule has 6 nitrogen and oxygen atoms in total. The molecule has 0 aliphatic carbocycles. The second-order valence-corrected chi connectivity index (χ2v) is 6.42. The number of furan rings is 1. The molecule has 3 aromatic rings. The minimum absolute atomic E-state index is 0.164. The standard InChI is InChI=1S/C22H21NO5/c1-25-18-7-4-3-6-17(18)15-12-16-14-23(22(24)19-8-5-10-27-19)9-11-28-21(16)20(13-15)26-2/h3-8,10,12-13H,9,11,14H2,1-2H3. The van der Waals surface area contributed by atoms with Crippen molar-refractivity contribution in [3.8, 4) is 28.4 Å². The molecule has 6 heteroatoms. The van der Waals surface area contributed by atoms with Crippen LogP contribution in [-0.2, 0) is 6.54 Å². The molecule has 1 aromatic heterocycles. The number of fused-ring (bicyclic) bond motifs is 1. The van der Waals surface area contributed by atoms with Gasteiger partial charge in [-0.25, -0.2) is 0 Å². The van der Waals surface area contributed by atoms with Gasteiger partial charge in [0, 0.05) is 11.1 Å². The molecule has 0 saturated heterocycles. The molecule has 28 heavy (non-hydrogen) atoms. The molecular formula is C22H21NO5. The van der Waals surface area contributed by atoms with E-state index in [0.29, 0.717) is 37.0 Å². The van der Waals surface area contributed by atoms with Gasteiger partial charge in [0.2, 0.25) is 0 Å². The van der Waals surface area contributed by atoms with Crippen molar-refractivity contribution in [1.82, 2.24) is 4.90 Å². The summed E-state index contributed by atoms with van der Waals surface area (Å²) in [5.41, 5.74) is 2.75. The lowest BCUT2D eigenvalue weighted by Gasteiger charge is -2.19. The van der Waals surface area contributed by atoms with Crippen molar-refractivity contribution >= 4 is 5.91 Å². The van der Waals surface area contributed by atoms with Gasteiger partial charge >= 0.3 is 0 Å². The summed E-state index contributed by atoms with van der Waals surface area (Å²) in [6.45, 7) is 1.24. The van der Waals surface area contributed by atoms with Crippen LogP contribution in [0.15, 0.2) is 59.2 Å². The third kappa shape index (κ3) is 3.29. The number of carbonyl (C=O) groups is 1. The van der Waals surface area contributed by atoms with E-state index in [4.69, 9.17) is 18.6 Å². The van der Waals surface area contributed by atoms with E-state index in [0.717, 1.165) is 22.4 Å². The Morgan fingerprint density at radius 2 is 1.86 bits per heavy atom. The third-order valence-electron chi connectivity index (χ3n) is 4.76. The Balaban J connectivity index is 1.76. The summed E-state index contributed by atoms with van der Waals surface area (Å²) in [5, 5.41) is 0. The van der Waals surface area contributed by atoms with Crippen molar-refractivity contribution in [2.24, 2.45) is 0 Å². The number of para-hydroxylation sites is 1. The average Bonchev–Trinajstić information content (AvgIpc) is 3.19. The number of ether oxygens (including phenoxy) is 3. The van der Waals surface area contributed by atoms with Crippen LogP contribution in [0, 0.1) is 0 Å². The molecule has 0 unspecified atom stereocenters. The maximum absolute atomic E-state index is 12.8. The molecule has 4 rings (SSSR count). The minimum Gasteiger partial charge on any atom is -0.496 e. The van der Waals surface area contributed by atoms with E-state index < -0.39 is 0 Å². The van der Waals surface area contributed by atoms with E-state index in [9.17, 15) is 4.79 Å². The fourth-order valence-electron chi connectivity index (χ4n) is 3.40. The number of methoxy groups -OCH3 is 2. The molecule has 1 aliphatic rings. The largest absolute Gasteiger partial charge is 0.496 e. The Morgan fingerprint density at radius 1 is 1.04 bits per heavy atom. The number of amides is 1. The smallest absolute Gasteiger partial charge is 0.289 e. The van der Waals surface area contributed by atoms with Gasteiger partial charge in [-0.1, -0.05) is 18.2 Å². The van der Waals surface area contributed by atoms with Crippen molar-refractivity contribution in [3.63, 3.8) is 0 Å². The molecule has 0 spiro atoms. The molecule has 0 fully saturated rings. The predicted molar refractivity (Wildman–Crippen MR) is 104 cm³/mol. The number of nitrogens with zero attached hydrogens (tertiary/aromatic N) is 1. The van der Waals surface area contributed by atoms with Crippen molar-refractivity contribution in [2.75, 3.05) is 27.4 Å². The van der Waals surface area contributed by atoms with Gasteiger partial charge in [0.05, 0.1) is 33.6 Å². The summed E-state index contributed by atoms with van der Waals surface area (Å²) in [6.07, 6.45) is 1.50. The lowest BCUT2D eigenvalue weighted by molar-refractivity contribution is 0.0701. The number of hydrogen-bond acceptors (Lipinski definition) is 5. The number of benzene rings is 2. The average molecular weight is 379 g/mol. The Morgan fingerprint density at radius 3 is 2.61 bits per heavy atom. The monoisotopic (exact) mass is 379 g/mol. The van der Waals surface area contributed by atoms with E-state index in [1.165, 1.54) is 6.26 Å². The molecule has 0 atom stereocenters. The summed E-state index contributed by atoms with van der Waals surface area (Å²) < 4.78 is 22.3. The van der Waals surface area contributed by atoms with E-state index in [1.54, 1.807) is 31.3 Å². The molecule has 0 saturated carbocycles. The molecule has 0 bridgehead atoms. The molecule has 1 aliphatic heterocycles. The maximum Gasteiger partial charge on any atom is 0.289 e. The van der Waals surface area contributed by atoms with Crippen molar-refractivity contribution in [1.29, 1.82) is 0 Å². The highest BCUT2D eigenvalue weighted by atomic mass is 16.5. The van der Waals surface area contributed by atoms with Gasteiger partial charge < -0.3 is 23.5 Å². The first-order chi connectivity index (χ1) is 13.7. The molecule has 2 aromatic carbocycles. The van der Waals surface area contributed by atoms with Crippen LogP contribution in [0.3, 0.4) is 0 Å². The van der Waals surface area contributed by atoms with Crippen molar-refractivity contribution in [2.45, 2.75) is 6.54 Å². The van der Waals surface area contributed by atoms with Crippen LogP contribution in [0.5, 0.6) is 17.2 Å². The van der Waals surface area contributed by atoms with E-state index in [1.807, 2.05) is 36.4 Å². The van der Waals surface area contributed by atoms with Gasteiger partial charge in [-0.2, -0.15) is 0 Å². The fourth-order valence-corrected chi connectivity index (χ4v) is 3.40. The van der Waals surface area contributed by atoms with Gasteiger partial charge in [-0.15, -0.1) is 0 Å². The van der Waals surface area contributed by atoms with Crippen LogP contribution in [0.2, 0.25) is 0 Å². The summed E-state index contributed by atoms with van der Waals surface area (Å²) >= 11 is 0. The fraction of sp³-hybridized carbons (Fsp3) is 0.227. The van der Waals surface area contributed by atoms with Crippen LogP contribution < -0.4 is 14.2 Å². The Labute approximate surface area is 163 Å². The van der Waals surface area contributed by atoms with Crippen molar-refractivity contribution < 1.29 is 23.4 Å². The molecule has 0 N–H and O–H groups in total. The summed E-state index contributed by atoms with van der Waals surface area (Å²) in [4.78, 5) is 14.5. The number of carbonyl (C=O) groups excluding carboxylic acids is 1. The van der Waals surface area contributed by atoms with E-state index in [2.05, 4.69) is 0 Å². The zero-order chi connectivity index (χ0) is 19.5. The highest BCUT2D eigenvalue weighted by Gasteiger charge is 2.25. The zero-order valence-electron chi connectivity index (χ0n) is 15.8. The van der Waals surface area contributed by atoms with Gasteiger partial charge in [0.15, 0.2) is 17.3 Å². The van der Waals surface area contributed by atoms with Gasteiger partial charge in [-0.3, -0.25) is 4.79 Å². The van der Waals surface area contributed by atoms with Crippen LogP contribution in [0.4, 0.5) is 0 Å².